The number of amides is 1. The van der Waals surface area contributed by atoms with E-state index in [2.05, 4.69) is 20.4 Å². The van der Waals surface area contributed by atoms with Gasteiger partial charge in [-0.15, -0.1) is 6.58 Å². The smallest absolute Gasteiger partial charge is 0.410 e. The number of likely N-dealkylation sites (tertiary alicyclic amines) is 1. The Balaban J connectivity index is 2.61. The van der Waals surface area contributed by atoms with E-state index in [-0.39, 0.29) is 17.6 Å². The van der Waals surface area contributed by atoms with Gasteiger partial charge in [0.15, 0.2) is 0 Å². The molecule has 1 saturated heterocycles. The Morgan fingerprint density at radius 2 is 2.07 bits per heavy atom. The van der Waals surface area contributed by atoms with Crippen molar-refractivity contribution >= 4 is 6.09 Å². The minimum absolute atomic E-state index is 0.0901. The van der Waals surface area contributed by atoms with Crippen LogP contribution in [-0.4, -0.2) is 29.2 Å². The molecular formula is C12H21NO2. The van der Waals surface area contributed by atoms with E-state index in [4.69, 9.17) is 4.74 Å². The van der Waals surface area contributed by atoms with Crippen molar-refractivity contribution in [2.24, 2.45) is 5.41 Å². The fraction of sp³-hybridized carbons (Fsp3) is 0.750. The first-order valence-electron chi connectivity index (χ1n) is 5.29. The number of carbonyl (C=O) groups is 1. The fourth-order valence-electron chi connectivity index (χ4n) is 1.89. The van der Waals surface area contributed by atoms with Crippen LogP contribution in [0.2, 0.25) is 0 Å². The lowest BCUT2D eigenvalue weighted by atomic mass is 9.75. The summed E-state index contributed by atoms with van der Waals surface area (Å²) in [5.74, 6) is 0. The van der Waals surface area contributed by atoms with Gasteiger partial charge >= 0.3 is 6.09 Å². The minimum atomic E-state index is -0.428. The van der Waals surface area contributed by atoms with Gasteiger partial charge in [-0.25, -0.2) is 4.79 Å². The summed E-state index contributed by atoms with van der Waals surface area (Å²) in [4.78, 5) is 13.5. The largest absolute Gasteiger partial charge is 0.444 e. The van der Waals surface area contributed by atoms with E-state index in [1.165, 1.54) is 0 Å². The summed E-state index contributed by atoms with van der Waals surface area (Å²) in [5, 5.41) is 0. The Kier molecular flexibility index (Phi) is 2.85. The van der Waals surface area contributed by atoms with Gasteiger partial charge in [-0.1, -0.05) is 19.9 Å². The Labute approximate surface area is 92.1 Å². The highest BCUT2D eigenvalue weighted by atomic mass is 16.6. The number of hydrogen-bond donors (Lipinski definition) is 0. The summed E-state index contributed by atoms with van der Waals surface area (Å²) in [6, 6.07) is 0.0901. The number of hydrogen-bond acceptors (Lipinski definition) is 2. The summed E-state index contributed by atoms with van der Waals surface area (Å²) in [5.41, 5.74) is -0.304. The molecule has 0 aromatic heterocycles. The van der Waals surface area contributed by atoms with Crippen molar-refractivity contribution in [3.05, 3.63) is 12.7 Å². The van der Waals surface area contributed by atoms with Crippen LogP contribution >= 0.6 is 0 Å². The summed E-state index contributed by atoms with van der Waals surface area (Å²) in [7, 11) is 0. The van der Waals surface area contributed by atoms with Gasteiger partial charge in [0.2, 0.25) is 0 Å². The maximum absolute atomic E-state index is 11.8. The molecule has 0 aliphatic carbocycles. The molecule has 0 radical (unpaired) electrons. The zero-order chi connectivity index (χ0) is 11.9. The van der Waals surface area contributed by atoms with Gasteiger partial charge in [0.25, 0.3) is 0 Å². The molecule has 1 heterocycles. The van der Waals surface area contributed by atoms with Crippen LogP contribution in [0.3, 0.4) is 0 Å². The normalized spacial score (nSPS) is 24.3. The summed E-state index contributed by atoms with van der Waals surface area (Å²) < 4.78 is 5.31. The van der Waals surface area contributed by atoms with Crippen LogP contribution in [0.4, 0.5) is 4.79 Å². The third-order valence-electron chi connectivity index (χ3n) is 2.57. The van der Waals surface area contributed by atoms with Gasteiger partial charge in [0.1, 0.15) is 5.60 Å². The van der Waals surface area contributed by atoms with Crippen molar-refractivity contribution in [3.8, 4) is 0 Å². The molecule has 0 aromatic carbocycles. The molecule has 1 aliphatic heterocycles. The van der Waals surface area contributed by atoms with Crippen LogP contribution in [0.15, 0.2) is 12.7 Å². The molecule has 0 aromatic rings. The second-order valence-electron chi connectivity index (χ2n) is 5.78. The van der Waals surface area contributed by atoms with Crippen molar-refractivity contribution < 1.29 is 9.53 Å². The van der Waals surface area contributed by atoms with Crippen molar-refractivity contribution in [1.82, 2.24) is 4.90 Å². The molecule has 15 heavy (non-hydrogen) atoms. The number of ether oxygens (including phenoxy) is 1. The zero-order valence-corrected chi connectivity index (χ0v) is 10.3. The lowest BCUT2D eigenvalue weighted by Crippen LogP contribution is -2.63. The molecule has 1 amide bonds. The molecule has 3 nitrogen and oxygen atoms in total. The Morgan fingerprint density at radius 1 is 1.53 bits per heavy atom. The second kappa shape index (κ2) is 3.54. The van der Waals surface area contributed by atoms with Crippen LogP contribution in [0, 0.1) is 5.41 Å². The third-order valence-corrected chi connectivity index (χ3v) is 2.57. The lowest BCUT2D eigenvalue weighted by Gasteiger charge is -2.52. The van der Waals surface area contributed by atoms with Gasteiger partial charge < -0.3 is 9.64 Å². The molecule has 0 N–H and O–H groups in total. The van der Waals surface area contributed by atoms with Crippen molar-refractivity contribution in [2.75, 3.05) is 6.54 Å². The SMILES string of the molecule is C=CC1N(C(=O)OC(C)(C)C)CC1(C)C. The molecular weight excluding hydrogens is 190 g/mol. The molecule has 1 atom stereocenters. The van der Waals surface area contributed by atoms with E-state index in [9.17, 15) is 4.79 Å². The molecule has 1 fully saturated rings. The van der Waals surface area contributed by atoms with E-state index >= 15 is 0 Å². The molecule has 86 valence electrons. The maximum atomic E-state index is 11.8. The van der Waals surface area contributed by atoms with Gasteiger partial charge in [-0.2, -0.15) is 0 Å². The van der Waals surface area contributed by atoms with Crippen molar-refractivity contribution in [1.29, 1.82) is 0 Å². The highest BCUT2D eigenvalue weighted by Gasteiger charge is 2.47. The molecule has 0 bridgehead atoms. The molecule has 3 heteroatoms. The van der Waals surface area contributed by atoms with E-state index in [0.29, 0.717) is 0 Å². The van der Waals surface area contributed by atoms with E-state index in [1.807, 2.05) is 26.8 Å². The van der Waals surface area contributed by atoms with Crippen molar-refractivity contribution in [3.63, 3.8) is 0 Å². The van der Waals surface area contributed by atoms with Crippen LogP contribution in [0.1, 0.15) is 34.6 Å². The monoisotopic (exact) mass is 211 g/mol. The quantitative estimate of drug-likeness (QED) is 0.624. The average molecular weight is 211 g/mol. The highest BCUT2D eigenvalue weighted by Crippen LogP contribution is 2.38. The molecule has 0 spiro atoms. The zero-order valence-electron chi connectivity index (χ0n) is 10.3. The van der Waals surface area contributed by atoms with Crippen LogP contribution in [-0.2, 0) is 4.74 Å². The summed E-state index contributed by atoms with van der Waals surface area (Å²) >= 11 is 0. The van der Waals surface area contributed by atoms with E-state index < -0.39 is 5.60 Å². The predicted octanol–water partition coefficient (Wildman–Crippen LogP) is 2.82. The number of nitrogens with zero attached hydrogens (tertiary/aromatic N) is 1. The lowest BCUT2D eigenvalue weighted by molar-refractivity contribution is -0.0466. The predicted molar refractivity (Wildman–Crippen MR) is 60.7 cm³/mol. The highest BCUT2D eigenvalue weighted by molar-refractivity contribution is 5.70. The first kappa shape index (κ1) is 12.1. The van der Waals surface area contributed by atoms with E-state index in [1.54, 1.807) is 4.90 Å². The standard InChI is InChI=1S/C12H21NO2/c1-7-9-12(5,6)8-13(9)10(14)15-11(2,3)4/h7,9H,1,8H2,2-6H3. The van der Waals surface area contributed by atoms with Crippen LogP contribution < -0.4 is 0 Å². The Morgan fingerprint density at radius 3 is 2.40 bits per heavy atom. The minimum Gasteiger partial charge on any atom is -0.444 e. The fourth-order valence-corrected chi connectivity index (χ4v) is 1.89. The van der Waals surface area contributed by atoms with Gasteiger partial charge in [0, 0.05) is 12.0 Å². The molecule has 1 unspecified atom stereocenters. The van der Waals surface area contributed by atoms with Gasteiger partial charge in [-0.3, -0.25) is 0 Å². The first-order valence-corrected chi connectivity index (χ1v) is 5.29. The topological polar surface area (TPSA) is 29.5 Å². The second-order valence-corrected chi connectivity index (χ2v) is 5.78. The molecule has 1 rings (SSSR count). The first-order chi connectivity index (χ1) is 6.67. The van der Waals surface area contributed by atoms with Crippen LogP contribution in [0.5, 0.6) is 0 Å². The third kappa shape index (κ3) is 2.52. The summed E-state index contributed by atoms with van der Waals surface area (Å²) in [6.07, 6.45) is 1.57. The Hall–Kier alpha value is -0.990. The maximum Gasteiger partial charge on any atom is 0.410 e. The van der Waals surface area contributed by atoms with Crippen LogP contribution in [0.25, 0.3) is 0 Å². The Bertz CT molecular complexity index is 276. The molecule has 1 aliphatic rings. The summed E-state index contributed by atoms with van der Waals surface area (Å²) in [6.45, 7) is 14.4. The van der Waals surface area contributed by atoms with Gasteiger partial charge in [-0.05, 0) is 20.8 Å². The van der Waals surface area contributed by atoms with Gasteiger partial charge in [0.05, 0.1) is 6.04 Å². The van der Waals surface area contributed by atoms with E-state index in [0.717, 1.165) is 6.54 Å². The number of carbonyl (C=O) groups excluding carboxylic acids is 1. The van der Waals surface area contributed by atoms with Crippen molar-refractivity contribution in [2.45, 2.75) is 46.3 Å². The average Bonchev–Trinajstić information content (AvgIpc) is 1.97. The number of rotatable bonds is 1. The molecule has 0 saturated carbocycles.